The molecule has 0 aliphatic carbocycles. The van der Waals surface area contributed by atoms with Crippen molar-refractivity contribution in [3.05, 3.63) is 66.4 Å². The Morgan fingerprint density at radius 3 is 2.52 bits per heavy atom. The van der Waals surface area contributed by atoms with E-state index in [0.717, 1.165) is 11.4 Å². The Bertz CT molecular complexity index is 841. The van der Waals surface area contributed by atoms with Crippen LogP contribution in [0.5, 0.6) is 5.75 Å². The first-order valence-electron chi connectivity index (χ1n) is 7.56. The van der Waals surface area contributed by atoms with Crippen LogP contribution in [0.3, 0.4) is 0 Å². The predicted octanol–water partition coefficient (Wildman–Crippen LogP) is 4.73. The first kappa shape index (κ1) is 16.9. The third kappa shape index (κ3) is 4.53. The first-order chi connectivity index (χ1) is 11.9. The third-order valence-electron chi connectivity index (χ3n) is 3.53. The highest BCUT2D eigenvalue weighted by atomic mass is 19.4. The Morgan fingerprint density at radius 2 is 1.84 bits per heavy atom. The van der Waals surface area contributed by atoms with Gasteiger partial charge in [-0.1, -0.05) is 12.1 Å². The number of nitrogens with one attached hydrogen (secondary N) is 1. The zero-order valence-electron chi connectivity index (χ0n) is 13.4. The maximum absolute atomic E-state index is 12.5. The minimum Gasteiger partial charge on any atom is -0.497 e. The average Bonchev–Trinajstić information content (AvgIpc) is 3.03. The number of rotatable bonds is 5. The summed E-state index contributed by atoms with van der Waals surface area (Å²) in [6, 6.07) is 15.3. The lowest BCUT2D eigenvalue weighted by atomic mass is 10.1. The molecule has 0 aliphatic rings. The summed E-state index contributed by atoms with van der Waals surface area (Å²) in [6.07, 6.45) is -3.50. The Balaban J connectivity index is 1.75. The Labute approximate surface area is 142 Å². The molecule has 0 saturated carbocycles. The number of hydrogen-bond acceptors (Lipinski definition) is 3. The van der Waals surface area contributed by atoms with Crippen LogP contribution in [-0.2, 0) is 6.42 Å². The van der Waals surface area contributed by atoms with Crippen molar-refractivity contribution in [1.82, 2.24) is 9.78 Å². The molecule has 0 fully saturated rings. The second-order valence-electron chi connectivity index (χ2n) is 5.46. The summed E-state index contributed by atoms with van der Waals surface area (Å²) in [5.41, 5.74) is 1.60. The summed E-state index contributed by atoms with van der Waals surface area (Å²) >= 11 is 0. The molecular weight excluding hydrogens is 331 g/mol. The van der Waals surface area contributed by atoms with E-state index in [1.165, 1.54) is 16.8 Å². The Kier molecular flexibility index (Phi) is 4.65. The fourth-order valence-electron chi connectivity index (χ4n) is 2.40. The quantitative estimate of drug-likeness (QED) is 0.725. The van der Waals surface area contributed by atoms with Crippen LogP contribution in [0.2, 0.25) is 0 Å². The molecular formula is C18H16F3N3O. The van der Waals surface area contributed by atoms with Crippen molar-refractivity contribution in [3.63, 3.8) is 0 Å². The van der Waals surface area contributed by atoms with Gasteiger partial charge in [0.1, 0.15) is 5.75 Å². The molecule has 25 heavy (non-hydrogen) atoms. The highest BCUT2D eigenvalue weighted by Gasteiger charge is 2.27. The van der Waals surface area contributed by atoms with Gasteiger partial charge >= 0.3 is 6.18 Å². The molecule has 4 nitrogen and oxygen atoms in total. The topological polar surface area (TPSA) is 39.1 Å². The molecule has 0 aliphatic heterocycles. The minimum absolute atomic E-state index is 0.199. The molecule has 2 aromatic carbocycles. The van der Waals surface area contributed by atoms with E-state index in [-0.39, 0.29) is 5.56 Å². The molecule has 130 valence electrons. The maximum Gasteiger partial charge on any atom is 0.393 e. The largest absolute Gasteiger partial charge is 0.497 e. The van der Waals surface area contributed by atoms with Gasteiger partial charge in [-0.2, -0.15) is 18.3 Å². The van der Waals surface area contributed by atoms with E-state index in [1.807, 2.05) is 24.3 Å². The molecule has 0 bridgehead atoms. The van der Waals surface area contributed by atoms with Crippen molar-refractivity contribution < 1.29 is 17.9 Å². The average molecular weight is 347 g/mol. The van der Waals surface area contributed by atoms with Gasteiger partial charge in [-0.05, 0) is 42.0 Å². The number of hydrogen-bond donors (Lipinski definition) is 1. The number of methoxy groups -OCH3 is 1. The lowest BCUT2D eigenvalue weighted by Crippen LogP contribution is -2.11. The Morgan fingerprint density at radius 1 is 1.08 bits per heavy atom. The number of aromatic nitrogens is 2. The lowest BCUT2D eigenvalue weighted by Gasteiger charge is -2.08. The zero-order chi connectivity index (χ0) is 17.9. The van der Waals surface area contributed by atoms with E-state index < -0.39 is 12.6 Å². The fraction of sp³-hybridized carbons (Fsp3) is 0.167. The van der Waals surface area contributed by atoms with Crippen LogP contribution in [0.15, 0.2) is 60.8 Å². The van der Waals surface area contributed by atoms with Gasteiger partial charge in [0.15, 0.2) is 5.82 Å². The van der Waals surface area contributed by atoms with Gasteiger partial charge in [0.2, 0.25) is 0 Å². The molecule has 0 spiro atoms. The van der Waals surface area contributed by atoms with Crippen LogP contribution in [0, 0.1) is 0 Å². The Hall–Kier alpha value is -2.96. The van der Waals surface area contributed by atoms with Crippen LogP contribution >= 0.6 is 0 Å². The number of alkyl halides is 3. The van der Waals surface area contributed by atoms with E-state index in [0.29, 0.717) is 11.5 Å². The number of nitrogens with zero attached hydrogens (tertiary/aromatic N) is 2. The number of anilines is 2. The summed E-state index contributed by atoms with van der Waals surface area (Å²) in [5.74, 6) is 1.34. The summed E-state index contributed by atoms with van der Waals surface area (Å²) in [5, 5.41) is 7.48. The van der Waals surface area contributed by atoms with Crippen molar-refractivity contribution in [1.29, 1.82) is 0 Å². The fourth-order valence-corrected chi connectivity index (χ4v) is 2.40. The number of halogens is 3. The van der Waals surface area contributed by atoms with Gasteiger partial charge in [-0.3, -0.25) is 0 Å². The number of benzene rings is 2. The molecule has 1 heterocycles. The van der Waals surface area contributed by atoms with Gasteiger partial charge in [0.25, 0.3) is 0 Å². The molecule has 0 radical (unpaired) electrons. The molecule has 1 aromatic heterocycles. The van der Waals surface area contributed by atoms with Gasteiger partial charge in [0, 0.05) is 18.0 Å². The van der Waals surface area contributed by atoms with E-state index in [1.54, 1.807) is 31.5 Å². The van der Waals surface area contributed by atoms with E-state index in [2.05, 4.69) is 10.4 Å². The van der Waals surface area contributed by atoms with Crippen molar-refractivity contribution in [2.75, 3.05) is 12.4 Å². The highest BCUT2D eigenvalue weighted by Crippen LogP contribution is 2.23. The normalized spacial score (nSPS) is 11.4. The third-order valence-corrected chi connectivity index (χ3v) is 3.53. The highest BCUT2D eigenvalue weighted by molar-refractivity contribution is 5.57. The molecule has 0 atom stereocenters. The molecule has 0 unspecified atom stereocenters. The summed E-state index contributed by atoms with van der Waals surface area (Å²) in [7, 11) is 1.59. The van der Waals surface area contributed by atoms with Crippen molar-refractivity contribution in [2.45, 2.75) is 12.6 Å². The molecule has 3 aromatic rings. The second-order valence-corrected chi connectivity index (χ2v) is 5.46. The zero-order valence-corrected chi connectivity index (χ0v) is 13.4. The van der Waals surface area contributed by atoms with Gasteiger partial charge < -0.3 is 10.1 Å². The SMILES string of the molecule is COc1ccc(Nc2ccn(-c3cccc(CC(F)(F)F)c3)n2)cc1. The molecule has 3 rings (SSSR count). The predicted molar refractivity (Wildman–Crippen MR) is 89.6 cm³/mol. The van der Waals surface area contributed by atoms with Gasteiger partial charge in [-0.15, -0.1) is 0 Å². The first-order valence-corrected chi connectivity index (χ1v) is 7.56. The van der Waals surface area contributed by atoms with Crippen LogP contribution in [0.1, 0.15) is 5.56 Å². The lowest BCUT2D eigenvalue weighted by molar-refractivity contribution is -0.127. The van der Waals surface area contributed by atoms with Crippen molar-refractivity contribution in [3.8, 4) is 11.4 Å². The molecule has 1 N–H and O–H groups in total. The van der Waals surface area contributed by atoms with Crippen LogP contribution in [0.25, 0.3) is 5.69 Å². The summed E-state index contributed by atoms with van der Waals surface area (Å²) in [4.78, 5) is 0. The van der Waals surface area contributed by atoms with Gasteiger partial charge in [-0.25, -0.2) is 4.68 Å². The molecule has 0 amide bonds. The monoisotopic (exact) mass is 347 g/mol. The minimum atomic E-state index is -4.23. The standard InChI is InChI=1S/C18H16F3N3O/c1-25-16-7-5-14(6-8-16)22-17-9-10-24(23-17)15-4-2-3-13(11-15)12-18(19,20)21/h2-11H,12H2,1H3,(H,22,23). The van der Waals surface area contributed by atoms with Crippen LogP contribution in [-0.4, -0.2) is 23.1 Å². The van der Waals surface area contributed by atoms with E-state index in [4.69, 9.17) is 4.74 Å². The smallest absolute Gasteiger partial charge is 0.393 e. The maximum atomic E-state index is 12.5. The van der Waals surface area contributed by atoms with E-state index in [9.17, 15) is 13.2 Å². The summed E-state index contributed by atoms with van der Waals surface area (Å²) in [6.45, 7) is 0. The van der Waals surface area contributed by atoms with Crippen LogP contribution in [0.4, 0.5) is 24.7 Å². The van der Waals surface area contributed by atoms with Gasteiger partial charge in [0.05, 0.1) is 19.2 Å². The van der Waals surface area contributed by atoms with E-state index >= 15 is 0 Å². The second kappa shape index (κ2) is 6.88. The van der Waals surface area contributed by atoms with Crippen molar-refractivity contribution >= 4 is 11.5 Å². The van der Waals surface area contributed by atoms with Crippen LogP contribution < -0.4 is 10.1 Å². The summed E-state index contributed by atoms with van der Waals surface area (Å²) < 4.78 is 44.2. The molecule has 7 heteroatoms. The molecule has 0 saturated heterocycles. The number of ether oxygens (including phenoxy) is 1. The van der Waals surface area contributed by atoms with Crippen molar-refractivity contribution in [2.24, 2.45) is 0 Å².